The number of halogens is 6. The summed E-state index contributed by atoms with van der Waals surface area (Å²) in [5.41, 5.74) is 6.21. The van der Waals surface area contributed by atoms with Crippen molar-refractivity contribution >= 4 is 44.1 Å². The van der Waals surface area contributed by atoms with Crippen LogP contribution in [-0.2, 0) is 20.4 Å². The number of carbonyl (C=O) groups is 2. The number of carbonyl (C=O) groups excluding carboxylic acids is 2. The molecule has 0 radical (unpaired) electrons. The summed E-state index contributed by atoms with van der Waals surface area (Å²) in [6, 6.07) is 9.44. The lowest BCUT2D eigenvalue weighted by atomic mass is 9.92. The molecule has 0 spiro atoms. The lowest BCUT2D eigenvalue weighted by Crippen LogP contribution is -2.20. The molecule has 4 nitrogen and oxygen atoms in total. The number of rotatable bonds is 9. The van der Waals surface area contributed by atoms with E-state index in [-0.39, 0.29) is 12.4 Å². The zero-order chi connectivity index (χ0) is 26.7. The molecular weight excluding hydrogens is 610 g/mol. The van der Waals surface area contributed by atoms with E-state index in [0.717, 1.165) is 0 Å². The molecule has 2 aromatic rings. The van der Waals surface area contributed by atoms with Crippen molar-refractivity contribution in [2.45, 2.75) is 68.8 Å². The maximum atomic E-state index is 13.2. The Morgan fingerprint density at radius 3 is 1.89 bits per heavy atom. The Morgan fingerprint density at radius 2 is 1.44 bits per heavy atom. The Morgan fingerprint density at radius 1 is 0.944 bits per heavy atom. The van der Waals surface area contributed by atoms with Gasteiger partial charge in [0.15, 0.2) is 0 Å². The SMILES string of the molecule is CCOC(=O)CC(N)c1cc(Br)cc(C2(C(F)F)CC2)c1.O=Cc1cc(Br)cc(C2(C(F)F)CC2)c1. The summed E-state index contributed by atoms with van der Waals surface area (Å²) in [5.74, 6) is -0.387. The van der Waals surface area contributed by atoms with Gasteiger partial charge in [-0.25, -0.2) is 17.6 Å². The number of aldehydes is 1. The molecule has 2 aliphatic carbocycles. The van der Waals surface area contributed by atoms with Crippen LogP contribution in [0.2, 0.25) is 0 Å². The van der Waals surface area contributed by atoms with Crippen LogP contribution in [0.15, 0.2) is 45.3 Å². The molecule has 0 heterocycles. The van der Waals surface area contributed by atoms with Crippen molar-refractivity contribution in [3.63, 3.8) is 0 Å². The van der Waals surface area contributed by atoms with Gasteiger partial charge in [-0.15, -0.1) is 0 Å². The maximum absolute atomic E-state index is 13.2. The highest BCUT2D eigenvalue weighted by atomic mass is 79.9. The second kappa shape index (κ2) is 11.7. The molecule has 2 aliphatic rings. The van der Waals surface area contributed by atoms with E-state index < -0.39 is 29.7 Å². The zero-order valence-electron chi connectivity index (χ0n) is 19.6. The fourth-order valence-corrected chi connectivity index (χ4v) is 5.16. The zero-order valence-corrected chi connectivity index (χ0v) is 22.8. The first-order chi connectivity index (χ1) is 17.0. The number of hydrogen-bond acceptors (Lipinski definition) is 4. The monoisotopic (exact) mass is 635 g/mol. The van der Waals surface area contributed by atoms with Gasteiger partial charge in [-0.3, -0.25) is 9.59 Å². The van der Waals surface area contributed by atoms with Crippen LogP contribution in [-0.4, -0.2) is 31.7 Å². The summed E-state index contributed by atoms with van der Waals surface area (Å²) in [5, 5.41) is 0. The normalized spacial score (nSPS) is 17.7. The highest BCUT2D eigenvalue weighted by Crippen LogP contribution is 2.54. The Bertz CT molecular complexity index is 1100. The summed E-state index contributed by atoms with van der Waals surface area (Å²) in [7, 11) is 0. The largest absolute Gasteiger partial charge is 0.466 e. The van der Waals surface area contributed by atoms with Gasteiger partial charge in [-0.1, -0.05) is 37.9 Å². The minimum atomic E-state index is -2.39. The molecule has 1 atom stereocenters. The predicted molar refractivity (Wildman–Crippen MR) is 136 cm³/mol. The van der Waals surface area contributed by atoms with Crippen LogP contribution in [0.4, 0.5) is 17.6 Å². The van der Waals surface area contributed by atoms with Gasteiger partial charge in [-0.2, -0.15) is 0 Å². The molecule has 4 rings (SSSR count). The van der Waals surface area contributed by atoms with Crippen LogP contribution in [0.3, 0.4) is 0 Å². The lowest BCUT2D eigenvalue weighted by molar-refractivity contribution is -0.143. The quantitative estimate of drug-likeness (QED) is 0.179. The number of esters is 1. The maximum Gasteiger partial charge on any atom is 0.307 e. The smallest absolute Gasteiger partial charge is 0.307 e. The Hall–Kier alpha value is -1.78. The van der Waals surface area contributed by atoms with Gasteiger partial charge < -0.3 is 10.5 Å². The summed E-state index contributed by atoms with van der Waals surface area (Å²) in [6.45, 7) is 2.02. The molecule has 2 saturated carbocycles. The van der Waals surface area contributed by atoms with Gasteiger partial charge >= 0.3 is 5.97 Å². The molecule has 36 heavy (non-hydrogen) atoms. The molecule has 2 fully saturated rings. The van der Waals surface area contributed by atoms with Crippen LogP contribution >= 0.6 is 31.9 Å². The standard InChI is InChI=1S/C15H18BrF2NO2.C11H9BrF2O/c1-2-21-13(20)8-12(19)9-5-10(7-11(16)6-9)15(3-4-15)14(17)18;12-9-4-7(6-15)3-8(5-9)11(1-2-11)10(13)14/h5-7,12,14H,2-4,8,19H2,1H3;3-6,10H,1-2H2. The second-order valence-electron chi connectivity index (χ2n) is 9.19. The molecule has 196 valence electrons. The molecule has 0 saturated heterocycles. The highest BCUT2D eigenvalue weighted by molar-refractivity contribution is 9.10. The van der Waals surface area contributed by atoms with Gasteiger partial charge in [0.2, 0.25) is 12.9 Å². The number of alkyl halides is 4. The summed E-state index contributed by atoms with van der Waals surface area (Å²) in [4.78, 5) is 22.1. The summed E-state index contributed by atoms with van der Waals surface area (Å²) >= 11 is 6.55. The van der Waals surface area contributed by atoms with E-state index in [0.29, 0.717) is 69.8 Å². The minimum Gasteiger partial charge on any atom is -0.466 e. The van der Waals surface area contributed by atoms with Crippen molar-refractivity contribution in [1.29, 1.82) is 0 Å². The summed E-state index contributed by atoms with van der Waals surface area (Å²) in [6.07, 6.45) is -2.08. The van der Waals surface area contributed by atoms with Crippen LogP contribution in [0.25, 0.3) is 0 Å². The number of ether oxygens (including phenoxy) is 1. The molecule has 0 amide bonds. The topological polar surface area (TPSA) is 69.4 Å². The van der Waals surface area contributed by atoms with E-state index in [1.165, 1.54) is 0 Å². The van der Waals surface area contributed by atoms with Gasteiger partial charge in [0, 0.05) is 20.6 Å². The fourth-order valence-electron chi connectivity index (χ4n) is 4.13. The average molecular weight is 637 g/mol. The third-order valence-corrected chi connectivity index (χ3v) is 7.57. The predicted octanol–water partition coefficient (Wildman–Crippen LogP) is 7.26. The molecule has 0 bridgehead atoms. The van der Waals surface area contributed by atoms with Crippen molar-refractivity contribution in [3.8, 4) is 0 Å². The van der Waals surface area contributed by atoms with Gasteiger partial charge in [0.1, 0.15) is 6.29 Å². The van der Waals surface area contributed by atoms with E-state index in [1.807, 2.05) is 0 Å². The fraction of sp³-hybridized carbons (Fsp3) is 0.462. The molecular formula is C26H27Br2F4NO3. The van der Waals surface area contributed by atoms with E-state index >= 15 is 0 Å². The van der Waals surface area contributed by atoms with E-state index in [2.05, 4.69) is 31.9 Å². The molecule has 2 aromatic carbocycles. The van der Waals surface area contributed by atoms with Crippen LogP contribution < -0.4 is 5.73 Å². The van der Waals surface area contributed by atoms with Gasteiger partial charge in [0.25, 0.3) is 0 Å². The van der Waals surface area contributed by atoms with E-state index in [9.17, 15) is 27.2 Å². The van der Waals surface area contributed by atoms with E-state index in [4.69, 9.17) is 10.5 Å². The first-order valence-corrected chi connectivity index (χ1v) is 13.1. The van der Waals surface area contributed by atoms with Crippen molar-refractivity contribution in [2.75, 3.05) is 6.61 Å². The van der Waals surface area contributed by atoms with Crippen molar-refractivity contribution in [2.24, 2.45) is 5.73 Å². The summed E-state index contributed by atoms with van der Waals surface area (Å²) < 4.78 is 58.3. The molecule has 2 N–H and O–H groups in total. The van der Waals surface area contributed by atoms with Gasteiger partial charge in [0.05, 0.1) is 23.9 Å². The van der Waals surface area contributed by atoms with Crippen LogP contribution in [0.1, 0.15) is 72.1 Å². The number of benzene rings is 2. The first-order valence-electron chi connectivity index (χ1n) is 11.5. The number of hydrogen-bond donors (Lipinski definition) is 1. The minimum absolute atomic E-state index is 0.0331. The molecule has 1 unspecified atom stereocenters. The molecule has 10 heteroatoms. The Labute approximate surface area is 224 Å². The van der Waals surface area contributed by atoms with Crippen molar-refractivity contribution < 1.29 is 31.9 Å². The van der Waals surface area contributed by atoms with E-state index in [1.54, 1.807) is 43.3 Å². The third-order valence-electron chi connectivity index (χ3n) is 6.66. The third kappa shape index (κ3) is 6.55. The second-order valence-corrected chi connectivity index (χ2v) is 11.0. The lowest BCUT2D eigenvalue weighted by Gasteiger charge is -2.18. The highest BCUT2D eigenvalue weighted by Gasteiger charge is 2.53. The van der Waals surface area contributed by atoms with Crippen LogP contribution in [0.5, 0.6) is 0 Å². The van der Waals surface area contributed by atoms with Gasteiger partial charge in [-0.05, 0) is 79.6 Å². The Kier molecular flexibility index (Phi) is 9.38. The molecule has 0 aliphatic heterocycles. The number of nitrogens with two attached hydrogens (primary N) is 1. The van der Waals surface area contributed by atoms with Crippen molar-refractivity contribution in [1.82, 2.24) is 0 Å². The van der Waals surface area contributed by atoms with Crippen LogP contribution in [0, 0.1) is 0 Å². The average Bonchev–Trinajstić information content (AvgIpc) is 3.72. The first kappa shape index (κ1) is 28.8. The Balaban J connectivity index is 0.000000212. The van der Waals surface area contributed by atoms with Crippen molar-refractivity contribution in [3.05, 3.63) is 67.6 Å². The molecule has 0 aromatic heterocycles.